The molecule has 2 rings (SSSR count). The van der Waals surface area contributed by atoms with Crippen LogP contribution in [0.1, 0.15) is 86.0 Å². The molecule has 2 aliphatic carbocycles. The fourth-order valence-corrected chi connectivity index (χ4v) is 6.65. The van der Waals surface area contributed by atoms with Crippen LogP contribution < -0.4 is 5.32 Å². The van der Waals surface area contributed by atoms with Gasteiger partial charge in [0.25, 0.3) is 5.91 Å². The Morgan fingerprint density at radius 1 is 1.23 bits per heavy atom. The predicted molar refractivity (Wildman–Crippen MR) is 124 cm³/mol. The first-order valence-electron chi connectivity index (χ1n) is 11.9. The van der Waals surface area contributed by atoms with Crippen LogP contribution in [-0.4, -0.2) is 34.9 Å². The van der Waals surface area contributed by atoms with E-state index in [0.29, 0.717) is 37.1 Å². The lowest BCUT2D eigenvalue weighted by molar-refractivity contribution is -0.162. The van der Waals surface area contributed by atoms with Crippen molar-refractivity contribution in [1.82, 2.24) is 5.32 Å². The summed E-state index contributed by atoms with van der Waals surface area (Å²) in [6.07, 6.45) is 6.93. The molecular weight excluding hydrogens is 374 g/mol. The van der Waals surface area contributed by atoms with Crippen molar-refractivity contribution in [1.29, 1.82) is 0 Å². The van der Waals surface area contributed by atoms with Crippen molar-refractivity contribution in [2.45, 2.75) is 91.6 Å². The predicted octanol–water partition coefficient (Wildman–Crippen LogP) is 5.01. The molecule has 1 amide bonds. The van der Waals surface area contributed by atoms with Crippen molar-refractivity contribution in [3.8, 4) is 0 Å². The summed E-state index contributed by atoms with van der Waals surface area (Å²) in [4.78, 5) is 13.0. The molecule has 0 aromatic heterocycles. The molecule has 2 saturated carbocycles. The fraction of sp³-hybridized carbons (Fsp3) is 0.808. The van der Waals surface area contributed by atoms with Crippen LogP contribution in [0.25, 0.3) is 0 Å². The van der Waals surface area contributed by atoms with Gasteiger partial charge in [0.05, 0.1) is 0 Å². The highest BCUT2D eigenvalue weighted by Gasteiger charge is 2.65. The van der Waals surface area contributed by atoms with Gasteiger partial charge in [-0.1, -0.05) is 44.9 Å². The van der Waals surface area contributed by atoms with Crippen LogP contribution >= 0.6 is 0 Å². The van der Waals surface area contributed by atoms with Crippen molar-refractivity contribution < 1.29 is 15.0 Å². The molecule has 172 valence electrons. The van der Waals surface area contributed by atoms with E-state index in [1.165, 1.54) is 11.1 Å². The SMILES string of the molecule is C=C(C)CCC(C)(C(=C)C)C1CCC2(C)C(CC[C@]2(O)C(=O)NCCCO)C1CC. The summed E-state index contributed by atoms with van der Waals surface area (Å²) in [5.74, 6) is 1.06. The number of aliphatic hydroxyl groups is 2. The minimum atomic E-state index is -1.32. The topological polar surface area (TPSA) is 69.6 Å². The summed E-state index contributed by atoms with van der Waals surface area (Å²) in [6, 6.07) is 0. The highest BCUT2D eigenvalue weighted by atomic mass is 16.3. The standard InChI is InChI=1S/C26H45NO3/c1-8-20-21(24(6,19(4)5)13-10-18(2)3)11-14-25(7)22(20)12-15-26(25,30)23(29)27-16-9-17-28/h20-22,28,30H,2,4,8-17H2,1,3,5-7H3,(H,27,29)/t20?,21?,22?,24?,25?,26-/m0/s1. The molecule has 6 atom stereocenters. The molecule has 0 saturated heterocycles. The minimum Gasteiger partial charge on any atom is -0.396 e. The Bertz CT molecular complexity index is 659. The van der Waals surface area contributed by atoms with Gasteiger partial charge >= 0.3 is 0 Å². The van der Waals surface area contributed by atoms with E-state index >= 15 is 0 Å². The maximum absolute atomic E-state index is 13.0. The van der Waals surface area contributed by atoms with Gasteiger partial charge in [-0.2, -0.15) is 0 Å². The van der Waals surface area contributed by atoms with Crippen molar-refractivity contribution >= 4 is 5.91 Å². The van der Waals surface area contributed by atoms with Crippen LogP contribution in [0.2, 0.25) is 0 Å². The summed E-state index contributed by atoms with van der Waals surface area (Å²) in [6.45, 7) is 20.0. The second-order valence-electron chi connectivity index (χ2n) is 10.6. The third-order valence-corrected chi connectivity index (χ3v) is 8.92. The minimum absolute atomic E-state index is 0.0435. The highest BCUT2D eigenvalue weighted by molar-refractivity contribution is 5.86. The Morgan fingerprint density at radius 3 is 2.43 bits per heavy atom. The zero-order chi connectivity index (χ0) is 22.7. The van der Waals surface area contributed by atoms with Gasteiger partial charge in [-0.05, 0) is 82.0 Å². The van der Waals surface area contributed by atoms with Gasteiger partial charge in [0.15, 0.2) is 0 Å². The van der Waals surface area contributed by atoms with Crippen LogP contribution in [0.3, 0.4) is 0 Å². The number of nitrogens with one attached hydrogen (secondary N) is 1. The summed E-state index contributed by atoms with van der Waals surface area (Å²) in [7, 11) is 0. The number of fused-ring (bicyclic) bond motifs is 1. The second-order valence-corrected chi connectivity index (χ2v) is 10.6. The Morgan fingerprint density at radius 2 is 1.90 bits per heavy atom. The van der Waals surface area contributed by atoms with E-state index in [-0.39, 0.29) is 17.9 Å². The van der Waals surface area contributed by atoms with Crippen molar-refractivity contribution in [3.63, 3.8) is 0 Å². The maximum atomic E-state index is 13.0. The monoisotopic (exact) mass is 419 g/mol. The van der Waals surface area contributed by atoms with E-state index < -0.39 is 11.0 Å². The van der Waals surface area contributed by atoms with Gasteiger partial charge < -0.3 is 15.5 Å². The Kier molecular flexibility index (Phi) is 8.01. The van der Waals surface area contributed by atoms with Crippen molar-refractivity contribution in [2.75, 3.05) is 13.2 Å². The molecule has 4 heteroatoms. The van der Waals surface area contributed by atoms with Gasteiger partial charge in [0.2, 0.25) is 0 Å². The first kappa shape index (κ1) is 25.1. The number of aliphatic hydroxyl groups excluding tert-OH is 1. The largest absolute Gasteiger partial charge is 0.396 e. The molecule has 4 nitrogen and oxygen atoms in total. The van der Waals surface area contributed by atoms with Crippen LogP contribution in [0.4, 0.5) is 0 Å². The summed E-state index contributed by atoms with van der Waals surface area (Å²) in [5, 5.41) is 23.5. The van der Waals surface area contributed by atoms with Gasteiger partial charge in [-0.3, -0.25) is 4.79 Å². The van der Waals surface area contributed by atoms with E-state index in [1.807, 2.05) is 0 Å². The average molecular weight is 420 g/mol. The molecule has 5 unspecified atom stereocenters. The van der Waals surface area contributed by atoms with E-state index in [0.717, 1.165) is 38.5 Å². The molecule has 0 spiro atoms. The molecule has 2 aliphatic rings. The number of amides is 1. The molecule has 0 radical (unpaired) electrons. The lowest BCUT2D eigenvalue weighted by Gasteiger charge is -2.55. The van der Waals surface area contributed by atoms with Gasteiger partial charge in [-0.15, -0.1) is 6.58 Å². The number of hydrogen-bond acceptors (Lipinski definition) is 3. The molecule has 0 aromatic rings. The van der Waals surface area contributed by atoms with Gasteiger partial charge in [0, 0.05) is 18.6 Å². The summed E-state index contributed by atoms with van der Waals surface area (Å²) >= 11 is 0. The molecule has 30 heavy (non-hydrogen) atoms. The van der Waals surface area contributed by atoms with E-state index in [4.69, 9.17) is 5.11 Å². The lowest BCUT2D eigenvalue weighted by atomic mass is 9.50. The third kappa shape index (κ3) is 4.27. The Labute approximate surface area is 184 Å². The normalized spacial score (nSPS) is 35.4. The molecule has 0 heterocycles. The van der Waals surface area contributed by atoms with Crippen LogP contribution in [0.5, 0.6) is 0 Å². The van der Waals surface area contributed by atoms with Crippen molar-refractivity contribution in [3.05, 3.63) is 24.3 Å². The molecule has 0 bridgehead atoms. The van der Waals surface area contributed by atoms with Gasteiger partial charge in [-0.25, -0.2) is 0 Å². The van der Waals surface area contributed by atoms with E-state index in [9.17, 15) is 9.90 Å². The summed E-state index contributed by atoms with van der Waals surface area (Å²) < 4.78 is 0. The average Bonchev–Trinajstić information content (AvgIpc) is 2.97. The van der Waals surface area contributed by atoms with Gasteiger partial charge in [0.1, 0.15) is 5.60 Å². The first-order chi connectivity index (χ1) is 14.0. The van der Waals surface area contributed by atoms with Crippen LogP contribution in [0, 0.1) is 28.6 Å². The number of allylic oxidation sites excluding steroid dienone is 2. The molecule has 2 fully saturated rings. The third-order valence-electron chi connectivity index (χ3n) is 8.92. The number of carbonyl (C=O) groups excluding carboxylic acids is 1. The Balaban J connectivity index is 2.30. The number of hydrogen-bond donors (Lipinski definition) is 3. The quantitative estimate of drug-likeness (QED) is 0.344. The lowest BCUT2D eigenvalue weighted by Crippen LogP contribution is -2.59. The zero-order valence-corrected chi connectivity index (χ0v) is 20.0. The Hall–Kier alpha value is -1.13. The van der Waals surface area contributed by atoms with Crippen molar-refractivity contribution in [2.24, 2.45) is 28.6 Å². The summed E-state index contributed by atoms with van der Waals surface area (Å²) in [5.41, 5.74) is 0.780. The molecule has 0 aromatic carbocycles. The maximum Gasteiger partial charge on any atom is 0.252 e. The van der Waals surface area contributed by atoms with E-state index in [2.05, 4.69) is 53.1 Å². The van der Waals surface area contributed by atoms with Crippen LogP contribution in [-0.2, 0) is 4.79 Å². The van der Waals surface area contributed by atoms with E-state index in [1.54, 1.807) is 0 Å². The molecule has 0 aliphatic heterocycles. The first-order valence-corrected chi connectivity index (χ1v) is 11.9. The van der Waals surface area contributed by atoms with Crippen LogP contribution in [0.15, 0.2) is 24.3 Å². The molecular formula is C26H45NO3. The smallest absolute Gasteiger partial charge is 0.252 e. The number of rotatable bonds is 10. The number of carbonyl (C=O) groups is 1. The second kappa shape index (κ2) is 9.56. The zero-order valence-electron chi connectivity index (χ0n) is 20.0. The molecule has 3 N–H and O–H groups in total. The highest BCUT2D eigenvalue weighted by Crippen LogP contribution is 2.64. The fourth-order valence-electron chi connectivity index (χ4n) is 6.65.